The molecular formula is C24H32F3NO4. The van der Waals surface area contributed by atoms with Crippen LogP contribution in [0.15, 0.2) is 24.3 Å². The molecule has 5 nitrogen and oxygen atoms in total. The number of halogens is 3. The lowest BCUT2D eigenvalue weighted by Gasteiger charge is -2.40. The Morgan fingerprint density at radius 1 is 1.03 bits per heavy atom. The minimum absolute atomic E-state index is 0.0374. The predicted octanol–water partition coefficient (Wildman–Crippen LogP) is 4.86. The number of carbonyl (C=O) groups excluding carboxylic acids is 1. The molecule has 0 aromatic heterocycles. The summed E-state index contributed by atoms with van der Waals surface area (Å²) in [5.41, 5.74) is -0.676. The van der Waals surface area contributed by atoms with Crippen LogP contribution in [0.5, 0.6) is 5.75 Å². The molecule has 2 saturated carbocycles. The van der Waals surface area contributed by atoms with Crippen molar-refractivity contribution in [2.75, 3.05) is 31.3 Å². The first kappa shape index (κ1) is 23.4. The summed E-state index contributed by atoms with van der Waals surface area (Å²) in [6.07, 6.45) is 3.62. The molecule has 0 atom stereocenters. The average molecular weight is 456 g/mol. The van der Waals surface area contributed by atoms with E-state index in [4.69, 9.17) is 9.47 Å². The number of hydrogen-bond donors (Lipinski definition) is 1. The normalized spacial score (nSPS) is 29.2. The van der Waals surface area contributed by atoms with Gasteiger partial charge in [0.05, 0.1) is 17.6 Å². The van der Waals surface area contributed by atoms with E-state index in [9.17, 15) is 23.1 Å². The van der Waals surface area contributed by atoms with Gasteiger partial charge in [-0.1, -0.05) is 12.8 Å². The van der Waals surface area contributed by atoms with Crippen LogP contribution in [0.25, 0.3) is 0 Å². The van der Waals surface area contributed by atoms with E-state index >= 15 is 0 Å². The number of hydrogen-bond acceptors (Lipinski definition) is 4. The minimum Gasteiger partial charge on any atom is -0.484 e. The lowest BCUT2D eigenvalue weighted by atomic mass is 9.68. The molecule has 1 amide bonds. The highest BCUT2D eigenvalue weighted by atomic mass is 19.4. The van der Waals surface area contributed by atoms with Gasteiger partial charge in [-0.2, -0.15) is 13.2 Å². The summed E-state index contributed by atoms with van der Waals surface area (Å²) < 4.78 is 47.5. The second-order valence-electron chi connectivity index (χ2n) is 9.77. The Hall–Kier alpha value is -1.80. The third-order valence-electron chi connectivity index (χ3n) is 7.40. The monoisotopic (exact) mass is 455 g/mol. The van der Waals surface area contributed by atoms with Gasteiger partial charge >= 0.3 is 6.18 Å². The number of rotatable bonds is 7. The molecule has 1 aromatic rings. The third kappa shape index (κ3) is 5.39. The SMILES string of the molecule is O=C1N(c2ccc(OCC(F)(F)F)cc2)CC[C@]12CC[C@](O)(COCC1CCCC1)CC2. The molecule has 3 fully saturated rings. The smallest absolute Gasteiger partial charge is 0.422 e. The summed E-state index contributed by atoms with van der Waals surface area (Å²) in [6.45, 7) is 0.267. The second kappa shape index (κ2) is 9.21. The maximum Gasteiger partial charge on any atom is 0.422 e. The summed E-state index contributed by atoms with van der Waals surface area (Å²) in [5, 5.41) is 11.0. The summed E-state index contributed by atoms with van der Waals surface area (Å²) in [4.78, 5) is 15.0. The molecule has 3 aliphatic rings. The van der Waals surface area contributed by atoms with Crippen molar-refractivity contribution >= 4 is 11.6 Å². The Labute approximate surface area is 186 Å². The van der Waals surface area contributed by atoms with Gasteiger partial charge in [-0.3, -0.25) is 4.79 Å². The number of nitrogens with zero attached hydrogens (tertiary/aromatic N) is 1. The van der Waals surface area contributed by atoms with Crippen molar-refractivity contribution in [2.24, 2.45) is 11.3 Å². The van der Waals surface area contributed by atoms with Crippen LogP contribution in [0.2, 0.25) is 0 Å². The van der Waals surface area contributed by atoms with Crippen LogP contribution >= 0.6 is 0 Å². The molecule has 4 rings (SSSR count). The molecule has 1 heterocycles. The van der Waals surface area contributed by atoms with E-state index in [0.29, 0.717) is 57.0 Å². The number of benzene rings is 1. The minimum atomic E-state index is -4.39. The highest BCUT2D eigenvalue weighted by molar-refractivity contribution is 6.00. The van der Waals surface area contributed by atoms with Crippen LogP contribution in [-0.4, -0.2) is 49.2 Å². The number of carbonyl (C=O) groups is 1. The lowest BCUT2D eigenvalue weighted by molar-refractivity contribution is -0.153. The molecule has 1 aliphatic heterocycles. The molecule has 0 unspecified atom stereocenters. The van der Waals surface area contributed by atoms with Crippen molar-refractivity contribution in [3.8, 4) is 5.75 Å². The number of anilines is 1. The highest BCUT2D eigenvalue weighted by Crippen LogP contribution is 2.48. The van der Waals surface area contributed by atoms with Gasteiger partial charge in [-0.25, -0.2) is 0 Å². The Bertz CT molecular complexity index is 781. The van der Waals surface area contributed by atoms with Gasteiger partial charge in [0, 0.05) is 18.8 Å². The zero-order chi connectivity index (χ0) is 22.8. The largest absolute Gasteiger partial charge is 0.484 e. The van der Waals surface area contributed by atoms with Crippen LogP contribution < -0.4 is 9.64 Å². The predicted molar refractivity (Wildman–Crippen MR) is 114 cm³/mol. The van der Waals surface area contributed by atoms with Crippen molar-refractivity contribution in [3.05, 3.63) is 24.3 Å². The molecule has 1 N–H and O–H groups in total. The van der Waals surface area contributed by atoms with Gasteiger partial charge < -0.3 is 19.5 Å². The van der Waals surface area contributed by atoms with Crippen LogP contribution in [0.3, 0.4) is 0 Å². The summed E-state index contributed by atoms with van der Waals surface area (Å²) >= 11 is 0. The molecular weight excluding hydrogens is 423 g/mol. The molecule has 178 valence electrons. The second-order valence-corrected chi connectivity index (χ2v) is 9.77. The first-order chi connectivity index (χ1) is 15.2. The van der Waals surface area contributed by atoms with E-state index < -0.39 is 23.8 Å². The Balaban J connectivity index is 1.29. The number of ether oxygens (including phenoxy) is 2. The van der Waals surface area contributed by atoms with E-state index in [1.165, 1.54) is 37.8 Å². The van der Waals surface area contributed by atoms with Gasteiger partial charge in [0.1, 0.15) is 5.75 Å². The van der Waals surface area contributed by atoms with Crippen molar-refractivity contribution in [1.29, 1.82) is 0 Å². The molecule has 1 saturated heterocycles. The van der Waals surface area contributed by atoms with Crippen LogP contribution in [0.4, 0.5) is 18.9 Å². The topological polar surface area (TPSA) is 59.0 Å². The summed E-state index contributed by atoms with van der Waals surface area (Å²) in [5.74, 6) is 0.770. The maximum atomic E-state index is 13.3. The number of aliphatic hydroxyl groups is 1. The van der Waals surface area contributed by atoms with Crippen molar-refractivity contribution in [3.63, 3.8) is 0 Å². The van der Waals surface area contributed by atoms with Gasteiger partial charge in [-0.15, -0.1) is 0 Å². The maximum absolute atomic E-state index is 13.3. The molecule has 0 bridgehead atoms. The van der Waals surface area contributed by atoms with Crippen molar-refractivity contribution in [1.82, 2.24) is 0 Å². The first-order valence-electron chi connectivity index (χ1n) is 11.6. The van der Waals surface area contributed by atoms with Crippen molar-refractivity contribution < 1.29 is 32.5 Å². The van der Waals surface area contributed by atoms with E-state index in [2.05, 4.69) is 0 Å². The van der Waals surface area contributed by atoms with E-state index in [1.54, 1.807) is 17.0 Å². The fraction of sp³-hybridized carbons (Fsp3) is 0.708. The fourth-order valence-corrected chi connectivity index (χ4v) is 5.35. The molecule has 0 radical (unpaired) electrons. The molecule has 1 aromatic carbocycles. The quantitative estimate of drug-likeness (QED) is 0.638. The zero-order valence-electron chi connectivity index (χ0n) is 18.3. The number of amides is 1. The van der Waals surface area contributed by atoms with E-state index in [-0.39, 0.29) is 11.7 Å². The van der Waals surface area contributed by atoms with E-state index in [1.807, 2.05) is 0 Å². The number of alkyl halides is 3. The third-order valence-corrected chi connectivity index (χ3v) is 7.40. The van der Waals surface area contributed by atoms with Crippen molar-refractivity contribution in [2.45, 2.75) is 69.6 Å². The summed E-state index contributed by atoms with van der Waals surface area (Å²) in [7, 11) is 0. The van der Waals surface area contributed by atoms with Gasteiger partial charge in [0.15, 0.2) is 6.61 Å². The van der Waals surface area contributed by atoms with Gasteiger partial charge in [-0.05, 0) is 75.1 Å². The fourth-order valence-electron chi connectivity index (χ4n) is 5.35. The van der Waals surface area contributed by atoms with Gasteiger partial charge in [0.2, 0.25) is 5.91 Å². The van der Waals surface area contributed by atoms with Gasteiger partial charge in [0.25, 0.3) is 0 Å². The molecule has 8 heteroatoms. The summed E-state index contributed by atoms with van der Waals surface area (Å²) in [6, 6.07) is 6.17. The first-order valence-corrected chi connectivity index (χ1v) is 11.6. The zero-order valence-corrected chi connectivity index (χ0v) is 18.3. The Kier molecular flexibility index (Phi) is 6.73. The molecule has 1 spiro atoms. The van der Waals surface area contributed by atoms with Crippen LogP contribution in [-0.2, 0) is 9.53 Å². The Morgan fingerprint density at radius 3 is 2.31 bits per heavy atom. The molecule has 2 aliphatic carbocycles. The lowest BCUT2D eigenvalue weighted by Crippen LogP contribution is -2.45. The standard InChI is InChI=1S/C24H32F3NO4/c25-24(26,27)17-32-20-7-5-19(6-8-20)28-14-13-22(21(28)29)9-11-23(30,12-10-22)16-31-15-18-3-1-2-4-18/h5-8,18,30H,1-4,9-17H2/t22-,23-. The molecule has 32 heavy (non-hydrogen) atoms. The highest BCUT2D eigenvalue weighted by Gasteiger charge is 2.51. The van der Waals surface area contributed by atoms with Crippen LogP contribution in [0.1, 0.15) is 57.8 Å². The average Bonchev–Trinajstić information content (AvgIpc) is 3.38. The van der Waals surface area contributed by atoms with E-state index in [0.717, 1.165) is 6.42 Å². The Morgan fingerprint density at radius 2 is 1.69 bits per heavy atom. The van der Waals surface area contributed by atoms with Crippen LogP contribution in [0, 0.1) is 11.3 Å².